The molecule has 2 amide bonds. The van der Waals surface area contributed by atoms with Gasteiger partial charge >= 0.3 is 6.09 Å². The van der Waals surface area contributed by atoms with E-state index in [0.717, 1.165) is 38.8 Å². The standard InChI is InChI=1S/C22H33ClFN7O3/c1-22(31-8-4-5-9-31)12-30(13-22)18-16(24)17(26-20(23)27-18)28-29-19(32)15(11-25-21(33)34)10-14-6-2-3-7-14/h14-15,25H,2-13H2,1H3,(H,29,32)(H,33,34)(H,26,27,28)/t15-/m1/s1. The van der Waals surface area contributed by atoms with E-state index in [1.807, 2.05) is 4.90 Å². The minimum Gasteiger partial charge on any atom is -0.465 e. The fourth-order valence-corrected chi connectivity index (χ4v) is 5.61. The van der Waals surface area contributed by atoms with Gasteiger partial charge in [-0.25, -0.2) is 4.79 Å². The summed E-state index contributed by atoms with van der Waals surface area (Å²) in [6, 6.07) is 0. The van der Waals surface area contributed by atoms with Crippen molar-refractivity contribution in [2.45, 2.75) is 57.4 Å². The lowest BCUT2D eigenvalue weighted by atomic mass is 9.90. The van der Waals surface area contributed by atoms with Crippen molar-refractivity contribution < 1.29 is 19.1 Å². The zero-order chi connectivity index (χ0) is 24.3. The molecule has 1 saturated carbocycles. The van der Waals surface area contributed by atoms with Gasteiger partial charge in [0.15, 0.2) is 11.6 Å². The van der Waals surface area contributed by atoms with Gasteiger partial charge in [-0.05, 0) is 56.8 Å². The van der Waals surface area contributed by atoms with Crippen molar-refractivity contribution >= 4 is 35.2 Å². The number of halogens is 2. The number of carbonyl (C=O) groups is 2. The van der Waals surface area contributed by atoms with Crippen LogP contribution in [0.4, 0.5) is 20.8 Å². The maximum absolute atomic E-state index is 15.2. The van der Waals surface area contributed by atoms with Crippen LogP contribution < -0.4 is 21.1 Å². The molecule has 1 aliphatic carbocycles. The molecule has 2 aliphatic heterocycles. The molecule has 2 saturated heterocycles. The number of anilines is 2. The van der Waals surface area contributed by atoms with Gasteiger partial charge in [0.25, 0.3) is 0 Å². The second-order valence-corrected chi connectivity index (χ2v) is 10.2. The van der Waals surface area contributed by atoms with Gasteiger partial charge in [0.2, 0.25) is 17.0 Å². The van der Waals surface area contributed by atoms with E-state index in [2.05, 4.69) is 38.0 Å². The Morgan fingerprint density at radius 2 is 1.88 bits per heavy atom. The van der Waals surface area contributed by atoms with E-state index >= 15 is 4.39 Å². The number of nitrogens with zero attached hydrogens (tertiary/aromatic N) is 4. The smallest absolute Gasteiger partial charge is 0.404 e. The number of hydrogen-bond donors (Lipinski definition) is 4. The van der Waals surface area contributed by atoms with Crippen LogP contribution in [0.15, 0.2) is 0 Å². The fourth-order valence-electron chi connectivity index (χ4n) is 5.45. The average Bonchev–Trinajstić information content (AvgIpc) is 3.49. The summed E-state index contributed by atoms with van der Waals surface area (Å²) in [5.74, 6) is -1.44. The third-order valence-electron chi connectivity index (χ3n) is 7.31. The maximum atomic E-state index is 15.2. The molecule has 1 aromatic rings. The van der Waals surface area contributed by atoms with Crippen LogP contribution in [0.2, 0.25) is 5.28 Å². The molecule has 0 spiro atoms. The molecule has 0 aromatic carbocycles. The van der Waals surface area contributed by atoms with Gasteiger partial charge in [-0.3, -0.25) is 20.5 Å². The van der Waals surface area contributed by atoms with E-state index < -0.39 is 23.7 Å². The second kappa shape index (κ2) is 10.5. The Kier molecular flexibility index (Phi) is 7.61. The molecule has 188 valence electrons. The summed E-state index contributed by atoms with van der Waals surface area (Å²) in [4.78, 5) is 36.0. The Hall–Kier alpha value is -2.40. The van der Waals surface area contributed by atoms with Crippen molar-refractivity contribution in [1.29, 1.82) is 0 Å². The SMILES string of the molecule is CC1(N2CCCC2)CN(c2nc(Cl)nc(NNC(=O)[C@@H](CNC(=O)O)CC3CCCC3)c2F)C1. The molecule has 3 aliphatic rings. The van der Waals surface area contributed by atoms with Crippen LogP contribution in [0, 0.1) is 17.7 Å². The molecule has 4 N–H and O–H groups in total. The van der Waals surface area contributed by atoms with Crippen molar-refractivity contribution in [2.24, 2.45) is 11.8 Å². The third-order valence-corrected chi connectivity index (χ3v) is 7.47. The predicted molar refractivity (Wildman–Crippen MR) is 126 cm³/mol. The Morgan fingerprint density at radius 1 is 1.21 bits per heavy atom. The normalized spacial score (nSPS) is 21.2. The molecule has 3 heterocycles. The highest BCUT2D eigenvalue weighted by Gasteiger charge is 2.46. The summed E-state index contributed by atoms with van der Waals surface area (Å²) in [7, 11) is 0. The zero-order valence-electron chi connectivity index (χ0n) is 19.4. The highest BCUT2D eigenvalue weighted by Crippen LogP contribution is 2.36. The first-order valence-corrected chi connectivity index (χ1v) is 12.4. The van der Waals surface area contributed by atoms with Gasteiger partial charge in [0, 0.05) is 19.6 Å². The van der Waals surface area contributed by atoms with Crippen LogP contribution in [-0.4, -0.2) is 70.2 Å². The summed E-state index contributed by atoms with van der Waals surface area (Å²) in [6.45, 7) is 5.52. The van der Waals surface area contributed by atoms with E-state index in [-0.39, 0.29) is 29.0 Å². The predicted octanol–water partition coefficient (Wildman–Crippen LogP) is 2.85. The molecule has 34 heavy (non-hydrogen) atoms. The number of aromatic nitrogens is 2. The Balaban J connectivity index is 1.39. The lowest BCUT2D eigenvalue weighted by Crippen LogP contribution is -2.68. The van der Waals surface area contributed by atoms with Crippen LogP contribution in [0.5, 0.6) is 0 Å². The van der Waals surface area contributed by atoms with E-state index in [4.69, 9.17) is 16.7 Å². The fraction of sp³-hybridized carbons (Fsp3) is 0.727. The number of likely N-dealkylation sites (tertiary alicyclic amines) is 1. The van der Waals surface area contributed by atoms with E-state index in [9.17, 15) is 9.59 Å². The molecule has 3 fully saturated rings. The molecule has 4 rings (SSSR count). The molecule has 1 aromatic heterocycles. The van der Waals surface area contributed by atoms with Gasteiger partial charge < -0.3 is 15.3 Å². The van der Waals surface area contributed by atoms with Gasteiger partial charge in [-0.2, -0.15) is 14.4 Å². The Labute approximate surface area is 203 Å². The summed E-state index contributed by atoms with van der Waals surface area (Å²) in [6.07, 6.45) is 6.02. The largest absolute Gasteiger partial charge is 0.465 e. The van der Waals surface area contributed by atoms with Gasteiger partial charge in [0.1, 0.15) is 0 Å². The Bertz CT molecular complexity index is 903. The van der Waals surface area contributed by atoms with Crippen LogP contribution in [0.1, 0.15) is 51.9 Å². The van der Waals surface area contributed by atoms with Crippen molar-refractivity contribution in [2.75, 3.05) is 43.0 Å². The monoisotopic (exact) mass is 497 g/mol. The molecule has 0 bridgehead atoms. The van der Waals surface area contributed by atoms with Gasteiger partial charge in [-0.15, -0.1) is 0 Å². The topological polar surface area (TPSA) is 123 Å². The first-order chi connectivity index (χ1) is 16.2. The lowest BCUT2D eigenvalue weighted by Gasteiger charge is -2.53. The molecule has 10 nitrogen and oxygen atoms in total. The quantitative estimate of drug-likeness (QED) is 0.303. The average molecular weight is 498 g/mol. The molecular formula is C22H33ClFN7O3. The number of amides is 2. The number of hydrazine groups is 1. The first kappa shape index (κ1) is 24.7. The maximum Gasteiger partial charge on any atom is 0.404 e. The van der Waals surface area contributed by atoms with E-state index in [0.29, 0.717) is 25.4 Å². The number of carbonyl (C=O) groups excluding carboxylic acids is 1. The molecule has 0 unspecified atom stereocenters. The Morgan fingerprint density at radius 3 is 2.53 bits per heavy atom. The number of hydrogen-bond acceptors (Lipinski definition) is 7. The van der Waals surface area contributed by atoms with Crippen LogP contribution in [-0.2, 0) is 4.79 Å². The van der Waals surface area contributed by atoms with Crippen molar-refractivity contribution in [3.63, 3.8) is 0 Å². The zero-order valence-corrected chi connectivity index (χ0v) is 20.2. The first-order valence-electron chi connectivity index (χ1n) is 12.0. The number of rotatable bonds is 9. The molecule has 1 atom stereocenters. The summed E-state index contributed by atoms with van der Waals surface area (Å²) < 4.78 is 15.2. The van der Waals surface area contributed by atoms with Crippen LogP contribution >= 0.6 is 11.6 Å². The van der Waals surface area contributed by atoms with E-state index in [1.54, 1.807) is 0 Å². The van der Waals surface area contributed by atoms with Gasteiger partial charge in [-0.1, -0.05) is 25.7 Å². The molecule has 0 radical (unpaired) electrons. The highest BCUT2D eigenvalue weighted by molar-refractivity contribution is 6.28. The molecule has 12 heteroatoms. The highest BCUT2D eigenvalue weighted by atomic mass is 35.5. The number of nitrogens with one attached hydrogen (secondary N) is 3. The van der Waals surface area contributed by atoms with Gasteiger partial charge in [0.05, 0.1) is 11.5 Å². The second-order valence-electron chi connectivity index (χ2n) is 9.91. The van der Waals surface area contributed by atoms with Crippen molar-refractivity contribution in [1.82, 2.24) is 25.6 Å². The third kappa shape index (κ3) is 5.63. The molecular weight excluding hydrogens is 465 g/mol. The summed E-state index contributed by atoms with van der Waals surface area (Å²) >= 11 is 6.07. The van der Waals surface area contributed by atoms with E-state index in [1.165, 1.54) is 12.8 Å². The van der Waals surface area contributed by atoms with Crippen LogP contribution in [0.25, 0.3) is 0 Å². The summed E-state index contributed by atoms with van der Waals surface area (Å²) in [5, 5.41) is 11.1. The van der Waals surface area contributed by atoms with Crippen molar-refractivity contribution in [3.05, 3.63) is 11.1 Å². The minimum absolute atomic E-state index is 0.0134. The number of carboxylic acid groups (broad SMARTS) is 1. The summed E-state index contributed by atoms with van der Waals surface area (Å²) in [5.41, 5.74) is 5.01. The van der Waals surface area contributed by atoms with Crippen LogP contribution in [0.3, 0.4) is 0 Å². The van der Waals surface area contributed by atoms with Crippen molar-refractivity contribution in [3.8, 4) is 0 Å². The minimum atomic E-state index is -1.19. The lowest BCUT2D eigenvalue weighted by molar-refractivity contribution is -0.124.